The number of amides is 1. The summed E-state index contributed by atoms with van der Waals surface area (Å²) < 4.78 is 0. The summed E-state index contributed by atoms with van der Waals surface area (Å²) in [5.41, 5.74) is 2.23. The molecule has 1 amide bonds. The Morgan fingerprint density at radius 2 is 1.94 bits per heavy atom. The van der Waals surface area contributed by atoms with Crippen LogP contribution in [0.1, 0.15) is 35.2 Å². The highest BCUT2D eigenvalue weighted by Gasteiger charge is 2.36. The van der Waals surface area contributed by atoms with Gasteiger partial charge in [0.1, 0.15) is 0 Å². The van der Waals surface area contributed by atoms with Crippen LogP contribution in [0.4, 0.5) is 5.69 Å². The number of benzene rings is 1. The van der Waals surface area contributed by atoms with Crippen molar-refractivity contribution in [3.63, 3.8) is 0 Å². The Hall–Kier alpha value is -1.68. The van der Waals surface area contributed by atoms with Crippen LogP contribution in [-0.4, -0.2) is 29.9 Å². The van der Waals surface area contributed by atoms with Gasteiger partial charge in [0.15, 0.2) is 0 Å². The molecule has 0 aliphatic carbocycles. The first kappa shape index (κ1) is 12.8. The summed E-state index contributed by atoms with van der Waals surface area (Å²) in [4.78, 5) is 25.3. The molecule has 0 unspecified atom stereocenters. The van der Waals surface area contributed by atoms with E-state index >= 15 is 0 Å². The summed E-state index contributed by atoms with van der Waals surface area (Å²) in [6, 6.07) is 5.41. The number of rotatable bonds is 5. The highest BCUT2D eigenvalue weighted by atomic mass is 16.3. The quantitative estimate of drug-likeness (QED) is 0.636. The Morgan fingerprint density at radius 3 is 2.67 bits per heavy atom. The second-order valence-electron chi connectivity index (χ2n) is 4.54. The van der Waals surface area contributed by atoms with Crippen LogP contribution < -0.4 is 4.90 Å². The van der Waals surface area contributed by atoms with Crippen molar-refractivity contribution in [1.29, 1.82) is 0 Å². The van der Waals surface area contributed by atoms with E-state index < -0.39 is 11.7 Å². The first-order chi connectivity index (χ1) is 8.66. The molecule has 0 aromatic heterocycles. The zero-order valence-corrected chi connectivity index (χ0v) is 10.5. The average molecular weight is 247 g/mol. The normalized spacial score (nSPS) is 14.2. The zero-order chi connectivity index (χ0) is 13.1. The molecule has 0 saturated heterocycles. The van der Waals surface area contributed by atoms with Crippen LogP contribution in [-0.2, 0) is 4.79 Å². The number of carbonyl (C=O) groups excluding carboxylic acids is 2. The van der Waals surface area contributed by atoms with E-state index in [1.54, 1.807) is 17.0 Å². The van der Waals surface area contributed by atoms with Gasteiger partial charge < -0.3 is 10.0 Å². The van der Waals surface area contributed by atoms with Crippen LogP contribution in [0.3, 0.4) is 0 Å². The monoisotopic (exact) mass is 247 g/mol. The number of ketones is 1. The van der Waals surface area contributed by atoms with Crippen molar-refractivity contribution in [2.24, 2.45) is 0 Å². The maximum Gasteiger partial charge on any atom is 0.299 e. The molecule has 4 heteroatoms. The van der Waals surface area contributed by atoms with Gasteiger partial charge in [-0.25, -0.2) is 0 Å². The SMILES string of the molecule is Cc1cccc2c1N(CCCCCO)C(=O)C2=O. The lowest BCUT2D eigenvalue weighted by Gasteiger charge is -2.18. The highest BCUT2D eigenvalue weighted by Crippen LogP contribution is 2.32. The molecule has 1 N–H and O–H groups in total. The number of Topliss-reactive ketones (excluding diaryl/α,β-unsaturated/α-hetero) is 1. The lowest BCUT2D eigenvalue weighted by Crippen LogP contribution is -2.31. The lowest BCUT2D eigenvalue weighted by atomic mass is 10.1. The maximum absolute atomic E-state index is 11.9. The van der Waals surface area contributed by atoms with Crippen LogP contribution in [0.5, 0.6) is 0 Å². The van der Waals surface area contributed by atoms with E-state index in [0.717, 1.165) is 30.5 Å². The van der Waals surface area contributed by atoms with Gasteiger partial charge in [-0.2, -0.15) is 0 Å². The van der Waals surface area contributed by atoms with Gasteiger partial charge in [-0.15, -0.1) is 0 Å². The Morgan fingerprint density at radius 1 is 1.17 bits per heavy atom. The number of anilines is 1. The fourth-order valence-electron chi connectivity index (χ4n) is 2.31. The van der Waals surface area contributed by atoms with E-state index in [-0.39, 0.29) is 6.61 Å². The van der Waals surface area contributed by atoms with E-state index in [1.165, 1.54) is 0 Å². The first-order valence-corrected chi connectivity index (χ1v) is 6.23. The fourth-order valence-corrected chi connectivity index (χ4v) is 2.31. The second-order valence-corrected chi connectivity index (χ2v) is 4.54. The molecule has 4 nitrogen and oxygen atoms in total. The number of hydrogen-bond acceptors (Lipinski definition) is 3. The minimum absolute atomic E-state index is 0.169. The van der Waals surface area contributed by atoms with Crippen LogP contribution in [0.15, 0.2) is 18.2 Å². The predicted molar refractivity (Wildman–Crippen MR) is 68.8 cm³/mol. The smallest absolute Gasteiger partial charge is 0.299 e. The third kappa shape index (κ3) is 2.16. The summed E-state index contributed by atoms with van der Waals surface area (Å²) in [5, 5.41) is 8.72. The van der Waals surface area contributed by atoms with Gasteiger partial charge in [0.05, 0.1) is 11.3 Å². The fraction of sp³-hybridized carbons (Fsp3) is 0.429. The number of carbonyl (C=O) groups is 2. The van der Waals surface area contributed by atoms with E-state index in [0.29, 0.717) is 12.1 Å². The highest BCUT2D eigenvalue weighted by molar-refractivity contribution is 6.52. The molecule has 0 saturated carbocycles. The van der Waals surface area contributed by atoms with Gasteiger partial charge in [0.2, 0.25) is 0 Å². The molecule has 1 heterocycles. The number of hydrogen-bond donors (Lipinski definition) is 1. The predicted octanol–water partition coefficient (Wildman–Crippen LogP) is 1.69. The van der Waals surface area contributed by atoms with Crippen molar-refractivity contribution < 1.29 is 14.7 Å². The topological polar surface area (TPSA) is 57.6 Å². The van der Waals surface area contributed by atoms with Gasteiger partial charge in [-0.1, -0.05) is 12.1 Å². The number of unbranched alkanes of at least 4 members (excludes halogenated alkanes) is 2. The third-order valence-corrected chi connectivity index (χ3v) is 3.23. The summed E-state index contributed by atoms with van der Waals surface area (Å²) in [6.07, 6.45) is 2.39. The zero-order valence-electron chi connectivity index (χ0n) is 10.5. The third-order valence-electron chi connectivity index (χ3n) is 3.23. The molecular formula is C14H17NO3. The molecule has 1 aliphatic heterocycles. The molecule has 18 heavy (non-hydrogen) atoms. The maximum atomic E-state index is 11.9. The molecular weight excluding hydrogens is 230 g/mol. The molecule has 0 atom stereocenters. The van der Waals surface area contributed by atoms with Crippen molar-refractivity contribution in [1.82, 2.24) is 0 Å². The minimum atomic E-state index is -0.428. The van der Waals surface area contributed by atoms with E-state index in [9.17, 15) is 9.59 Å². The summed E-state index contributed by atoms with van der Waals surface area (Å²) in [7, 11) is 0. The largest absolute Gasteiger partial charge is 0.396 e. The van der Waals surface area contributed by atoms with Gasteiger partial charge >= 0.3 is 0 Å². The number of aryl methyl sites for hydroxylation is 1. The molecule has 0 radical (unpaired) electrons. The Balaban J connectivity index is 2.17. The molecule has 1 aromatic rings. The molecule has 2 rings (SSSR count). The molecule has 0 bridgehead atoms. The van der Waals surface area contributed by atoms with E-state index in [2.05, 4.69) is 0 Å². The number of aliphatic hydroxyl groups is 1. The Labute approximate surface area is 106 Å². The van der Waals surface area contributed by atoms with Gasteiger partial charge in [0, 0.05) is 13.2 Å². The standard InChI is InChI=1S/C14H17NO3/c1-10-6-5-7-11-12(10)15(14(18)13(11)17)8-3-2-4-9-16/h5-7,16H,2-4,8-9H2,1H3. The summed E-state index contributed by atoms with van der Waals surface area (Å²) >= 11 is 0. The van der Waals surface area contributed by atoms with E-state index in [1.807, 2.05) is 13.0 Å². The lowest BCUT2D eigenvalue weighted by molar-refractivity contribution is -0.114. The molecule has 1 aliphatic rings. The number of para-hydroxylation sites is 1. The Kier molecular flexibility index (Phi) is 3.77. The van der Waals surface area contributed by atoms with Crippen molar-refractivity contribution in [2.45, 2.75) is 26.2 Å². The van der Waals surface area contributed by atoms with Crippen molar-refractivity contribution in [3.05, 3.63) is 29.3 Å². The number of aliphatic hydroxyl groups excluding tert-OH is 1. The molecule has 0 fully saturated rings. The summed E-state index contributed by atoms with van der Waals surface area (Å²) in [6.45, 7) is 2.62. The molecule has 96 valence electrons. The molecule has 0 spiro atoms. The van der Waals surface area contributed by atoms with Gasteiger partial charge in [0.25, 0.3) is 11.7 Å². The number of nitrogens with zero attached hydrogens (tertiary/aromatic N) is 1. The van der Waals surface area contributed by atoms with E-state index in [4.69, 9.17) is 5.11 Å². The second kappa shape index (κ2) is 5.31. The van der Waals surface area contributed by atoms with Gasteiger partial charge in [-0.05, 0) is 37.8 Å². The summed E-state index contributed by atoms with van der Waals surface area (Å²) in [5.74, 6) is -0.834. The van der Waals surface area contributed by atoms with Crippen LogP contribution >= 0.6 is 0 Å². The van der Waals surface area contributed by atoms with Crippen LogP contribution in [0.25, 0.3) is 0 Å². The van der Waals surface area contributed by atoms with Crippen molar-refractivity contribution in [3.8, 4) is 0 Å². The average Bonchev–Trinajstić information content (AvgIpc) is 2.61. The minimum Gasteiger partial charge on any atom is -0.396 e. The molecule has 1 aromatic carbocycles. The van der Waals surface area contributed by atoms with Gasteiger partial charge in [-0.3, -0.25) is 9.59 Å². The number of fused-ring (bicyclic) bond motifs is 1. The Bertz CT molecular complexity index is 482. The van der Waals surface area contributed by atoms with Crippen molar-refractivity contribution >= 4 is 17.4 Å². The first-order valence-electron chi connectivity index (χ1n) is 6.23. The van der Waals surface area contributed by atoms with Crippen LogP contribution in [0, 0.1) is 6.92 Å². The van der Waals surface area contributed by atoms with Crippen molar-refractivity contribution in [2.75, 3.05) is 18.1 Å². The van der Waals surface area contributed by atoms with Crippen LogP contribution in [0.2, 0.25) is 0 Å².